The summed E-state index contributed by atoms with van der Waals surface area (Å²) in [7, 11) is 1.52. The van der Waals surface area contributed by atoms with E-state index in [-0.39, 0.29) is 28.4 Å². The van der Waals surface area contributed by atoms with Crippen LogP contribution in [0.1, 0.15) is 31.2 Å². The molecule has 2 aromatic carbocycles. The molecule has 1 unspecified atom stereocenters. The molecule has 10 nitrogen and oxygen atoms in total. The first-order valence-corrected chi connectivity index (χ1v) is 13.3. The van der Waals surface area contributed by atoms with Gasteiger partial charge in [0.1, 0.15) is 23.3 Å². The van der Waals surface area contributed by atoms with E-state index in [1.807, 2.05) is 0 Å². The minimum Gasteiger partial charge on any atom is -0.496 e. The van der Waals surface area contributed by atoms with E-state index in [4.69, 9.17) is 25.5 Å². The molecule has 1 atom stereocenters. The number of para-hydroxylation sites is 1. The molecule has 3 heterocycles. The van der Waals surface area contributed by atoms with Crippen molar-refractivity contribution in [3.05, 3.63) is 112 Å². The third-order valence-electron chi connectivity index (χ3n) is 6.28. The number of ether oxygens (including phenoxy) is 2. The first-order valence-electron chi connectivity index (χ1n) is 12.1. The molecule has 0 fully saturated rings. The summed E-state index contributed by atoms with van der Waals surface area (Å²) in [6, 6.07) is 13.6. The summed E-state index contributed by atoms with van der Waals surface area (Å²) in [5.74, 6) is 0.569. The van der Waals surface area contributed by atoms with E-state index in [0.717, 1.165) is 11.3 Å². The summed E-state index contributed by atoms with van der Waals surface area (Å²) in [5, 5.41) is 11.5. The van der Waals surface area contributed by atoms with Crippen molar-refractivity contribution in [3.63, 3.8) is 0 Å². The Hall–Kier alpha value is -4.48. The summed E-state index contributed by atoms with van der Waals surface area (Å²) >= 11 is 7.40. The highest BCUT2D eigenvalue weighted by Crippen LogP contribution is 2.36. The highest BCUT2D eigenvalue weighted by atomic mass is 35.5. The van der Waals surface area contributed by atoms with Crippen LogP contribution in [0.25, 0.3) is 17.4 Å². The third-order valence-corrected chi connectivity index (χ3v) is 7.59. The van der Waals surface area contributed by atoms with Crippen LogP contribution >= 0.6 is 22.9 Å². The minimum absolute atomic E-state index is 0.130. The molecule has 0 spiro atoms. The predicted octanol–water partition coefficient (Wildman–Crippen LogP) is 4.63. The molecule has 0 aliphatic carbocycles. The Kier molecular flexibility index (Phi) is 7.42. The Morgan fingerprint density at radius 3 is 2.75 bits per heavy atom. The molecule has 0 amide bonds. The molecule has 0 N–H and O–H groups in total. The van der Waals surface area contributed by atoms with Crippen molar-refractivity contribution < 1.29 is 23.6 Å². The van der Waals surface area contributed by atoms with Gasteiger partial charge in [-0.05, 0) is 38.1 Å². The van der Waals surface area contributed by atoms with Crippen LogP contribution in [0.4, 0.5) is 5.69 Å². The number of esters is 1. The van der Waals surface area contributed by atoms with Gasteiger partial charge >= 0.3 is 5.97 Å². The zero-order chi connectivity index (χ0) is 28.6. The zero-order valence-electron chi connectivity index (χ0n) is 21.5. The van der Waals surface area contributed by atoms with Crippen molar-refractivity contribution in [1.29, 1.82) is 0 Å². The number of thiazole rings is 1. The summed E-state index contributed by atoms with van der Waals surface area (Å²) in [4.78, 5) is 42.5. The fourth-order valence-electron chi connectivity index (χ4n) is 4.50. The second-order valence-electron chi connectivity index (χ2n) is 8.67. The number of halogens is 1. The van der Waals surface area contributed by atoms with E-state index in [2.05, 4.69) is 4.99 Å². The average molecular weight is 580 g/mol. The molecule has 2 aromatic heterocycles. The van der Waals surface area contributed by atoms with Gasteiger partial charge in [-0.3, -0.25) is 19.5 Å². The lowest BCUT2D eigenvalue weighted by Crippen LogP contribution is -2.40. The standard InChI is InChI=1S/C28H22ClN3O7S/c1-4-38-27(34)24-15(2)30-28-31(25(24)18-7-5-6-8-21(18)37-3)26(33)23(40-28)14-17-10-12-22(39-17)19-13-16(32(35)36)9-11-20(19)29/h5-14,25H,4H2,1-3H3/b23-14+. The Morgan fingerprint density at radius 2 is 2.02 bits per heavy atom. The van der Waals surface area contributed by atoms with Crippen LogP contribution in [-0.2, 0) is 9.53 Å². The molecule has 204 valence electrons. The van der Waals surface area contributed by atoms with Crippen LogP contribution < -0.4 is 19.6 Å². The maximum absolute atomic E-state index is 13.8. The van der Waals surface area contributed by atoms with Gasteiger partial charge < -0.3 is 13.9 Å². The number of allylic oxidation sites excluding steroid dienone is 1. The number of nitro groups is 1. The van der Waals surface area contributed by atoms with E-state index < -0.39 is 16.9 Å². The number of nitro benzene ring substituents is 1. The molecule has 1 aliphatic rings. The van der Waals surface area contributed by atoms with E-state index in [1.165, 1.54) is 29.9 Å². The predicted molar refractivity (Wildman–Crippen MR) is 149 cm³/mol. The zero-order valence-corrected chi connectivity index (χ0v) is 23.1. The molecular formula is C28H22ClN3O7S. The van der Waals surface area contributed by atoms with Crippen molar-refractivity contribution in [2.24, 2.45) is 4.99 Å². The van der Waals surface area contributed by atoms with Gasteiger partial charge in [0.2, 0.25) is 0 Å². The number of aromatic nitrogens is 1. The molecule has 40 heavy (non-hydrogen) atoms. The fraction of sp³-hybridized carbons (Fsp3) is 0.179. The van der Waals surface area contributed by atoms with Crippen LogP contribution in [-0.4, -0.2) is 29.2 Å². The average Bonchev–Trinajstić information content (AvgIpc) is 3.52. The first kappa shape index (κ1) is 27.1. The van der Waals surface area contributed by atoms with E-state index >= 15 is 0 Å². The number of furan rings is 1. The summed E-state index contributed by atoms with van der Waals surface area (Å²) in [6.07, 6.45) is 1.56. The number of nitrogens with zero attached hydrogens (tertiary/aromatic N) is 3. The second kappa shape index (κ2) is 10.9. The molecule has 0 bridgehead atoms. The molecule has 0 saturated carbocycles. The second-order valence-corrected chi connectivity index (χ2v) is 10.1. The number of carbonyl (C=O) groups excluding carboxylic acids is 1. The summed E-state index contributed by atoms with van der Waals surface area (Å²) in [6.45, 7) is 3.57. The highest BCUT2D eigenvalue weighted by Gasteiger charge is 2.35. The lowest BCUT2D eigenvalue weighted by Gasteiger charge is -2.25. The van der Waals surface area contributed by atoms with Crippen molar-refractivity contribution in [3.8, 4) is 17.1 Å². The van der Waals surface area contributed by atoms with Gasteiger partial charge in [-0.2, -0.15) is 0 Å². The van der Waals surface area contributed by atoms with Gasteiger partial charge in [0.15, 0.2) is 4.80 Å². The van der Waals surface area contributed by atoms with Gasteiger partial charge in [-0.25, -0.2) is 9.79 Å². The summed E-state index contributed by atoms with van der Waals surface area (Å²) < 4.78 is 18.5. The molecule has 12 heteroatoms. The van der Waals surface area contributed by atoms with E-state index in [1.54, 1.807) is 56.3 Å². The van der Waals surface area contributed by atoms with Crippen LogP contribution in [0.2, 0.25) is 5.02 Å². The smallest absolute Gasteiger partial charge is 0.338 e. The number of fused-ring (bicyclic) bond motifs is 1. The lowest BCUT2D eigenvalue weighted by molar-refractivity contribution is -0.384. The fourth-order valence-corrected chi connectivity index (χ4v) is 5.74. The van der Waals surface area contributed by atoms with Crippen LogP contribution in [0.3, 0.4) is 0 Å². The largest absolute Gasteiger partial charge is 0.496 e. The molecule has 4 aromatic rings. The number of carbonyl (C=O) groups is 1. The number of hydrogen-bond acceptors (Lipinski definition) is 9. The molecular weight excluding hydrogens is 558 g/mol. The van der Waals surface area contributed by atoms with Crippen molar-refractivity contribution in [2.45, 2.75) is 19.9 Å². The van der Waals surface area contributed by atoms with Gasteiger partial charge in [-0.15, -0.1) is 0 Å². The van der Waals surface area contributed by atoms with Crippen molar-refractivity contribution in [1.82, 2.24) is 4.57 Å². The highest BCUT2D eigenvalue weighted by molar-refractivity contribution is 7.07. The quantitative estimate of drug-likeness (QED) is 0.177. The molecule has 1 aliphatic heterocycles. The first-order chi connectivity index (χ1) is 19.2. The van der Waals surface area contributed by atoms with Gasteiger partial charge in [0, 0.05) is 29.3 Å². The van der Waals surface area contributed by atoms with Crippen molar-refractivity contribution >= 4 is 40.7 Å². The Morgan fingerprint density at radius 1 is 1.25 bits per heavy atom. The number of methoxy groups -OCH3 is 1. The van der Waals surface area contributed by atoms with Gasteiger partial charge in [-0.1, -0.05) is 41.1 Å². The van der Waals surface area contributed by atoms with Crippen LogP contribution in [0.5, 0.6) is 5.75 Å². The van der Waals surface area contributed by atoms with E-state index in [0.29, 0.717) is 43.4 Å². The Labute approximate surface area is 236 Å². The normalized spacial score (nSPS) is 15.0. The molecule has 5 rings (SSSR count). The third kappa shape index (κ3) is 4.85. The van der Waals surface area contributed by atoms with Crippen LogP contribution in [0.15, 0.2) is 80.1 Å². The summed E-state index contributed by atoms with van der Waals surface area (Å²) in [5.41, 5.74) is 1.11. The number of hydrogen-bond donors (Lipinski definition) is 0. The maximum atomic E-state index is 13.8. The lowest BCUT2D eigenvalue weighted by atomic mass is 9.95. The Balaban J connectivity index is 1.65. The molecule has 0 saturated heterocycles. The SMILES string of the molecule is CCOC(=O)C1=C(C)N=c2s/c(=C/c3ccc(-c4cc([N+](=O)[O-])ccc4Cl)o3)c(=O)n2C1c1ccccc1OC. The monoisotopic (exact) mass is 579 g/mol. The number of benzene rings is 2. The number of rotatable bonds is 7. The van der Waals surface area contributed by atoms with Crippen LogP contribution in [0, 0.1) is 10.1 Å². The number of non-ortho nitro benzene ring substituents is 1. The minimum atomic E-state index is -0.829. The topological polar surface area (TPSA) is 126 Å². The maximum Gasteiger partial charge on any atom is 0.338 e. The van der Waals surface area contributed by atoms with E-state index in [9.17, 15) is 19.7 Å². The Bertz CT molecular complexity index is 1870. The van der Waals surface area contributed by atoms with Gasteiger partial charge in [0.25, 0.3) is 11.2 Å². The van der Waals surface area contributed by atoms with Gasteiger partial charge in [0.05, 0.1) is 39.5 Å². The van der Waals surface area contributed by atoms with Crippen molar-refractivity contribution in [2.75, 3.05) is 13.7 Å². The molecule has 0 radical (unpaired) electrons.